The minimum absolute atomic E-state index is 0.290. The van der Waals surface area contributed by atoms with Gasteiger partial charge in [-0.25, -0.2) is 14.9 Å². The molecule has 0 aliphatic rings. The summed E-state index contributed by atoms with van der Waals surface area (Å²) in [4.78, 5) is 31.9. The Morgan fingerprint density at radius 2 is 1.88 bits per heavy atom. The monoisotopic (exact) mass is 236 g/mol. The molecule has 1 amide bonds. The number of carbonyl (C=O) groups excluding carboxylic acids is 1. The normalized spacial score (nSPS) is 10.7. The van der Waals surface area contributed by atoms with Crippen molar-refractivity contribution in [2.45, 2.75) is 0 Å². The van der Waals surface area contributed by atoms with Crippen LogP contribution in [0.4, 0.5) is 0 Å². The molecule has 0 unspecified atom stereocenters. The van der Waals surface area contributed by atoms with Gasteiger partial charge in [-0.15, -0.1) is 0 Å². The molecule has 0 saturated carbocycles. The molecule has 7 nitrogen and oxygen atoms in total. The maximum absolute atomic E-state index is 11.0. The number of rotatable bonds is 4. The molecule has 0 atom stereocenters. The van der Waals surface area contributed by atoms with Crippen molar-refractivity contribution < 1.29 is 19.7 Å². The van der Waals surface area contributed by atoms with Gasteiger partial charge in [-0.05, 0) is 5.56 Å². The molecule has 0 fully saturated rings. The van der Waals surface area contributed by atoms with Gasteiger partial charge in [-0.2, -0.15) is 0 Å². The molecule has 1 aromatic rings. The Morgan fingerprint density at radius 3 is 2.35 bits per heavy atom. The highest BCUT2D eigenvalue weighted by Crippen LogP contribution is 2.13. The largest absolute Gasteiger partial charge is 0.478 e. The summed E-state index contributed by atoms with van der Waals surface area (Å²) in [6.07, 6.45) is 0.667. The Balaban J connectivity index is 3.03. The third-order valence-corrected chi connectivity index (χ3v) is 1.79. The van der Waals surface area contributed by atoms with Gasteiger partial charge in [-0.3, -0.25) is 4.79 Å². The van der Waals surface area contributed by atoms with Crippen molar-refractivity contribution in [2.24, 2.45) is 0 Å². The van der Waals surface area contributed by atoms with Crippen molar-refractivity contribution in [1.29, 1.82) is 0 Å². The van der Waals surface area contributed by atoms with Gasteiger partial charge in [0, 0.05) is 6.08 Å². The van der Waals surface area contributed by atoms with Crippen LogP contribution in [0.15, 0.2) is 36.4 Å². The molecule has 1 rings (SSSR count). The van der Waals surface area contributed by atoms with Crippen LogP contribution in [0.25, 0.3) is 5.57 Å². The fourth-order valence-electron chi connectivity index (χ4n) is 1.14. The molecule has 0 spiro atoms. The Hall–Kier alpha value is -2.70. The first kappa shape index (κ1) is 12.4. The Kier molecular flexibility index (Phi) is 3.93. The standard InChI is InChI=1S/C10H8N2O5/c13-9(11-12(16)17)6-8(10(14)15)7-4-2-1-3-5-7/h1-6H,(H,11,13)(H,14,15)/b8-6-. The molecular weight excluding hydrogens is 228 g/mol. The number of hydrogen-bond donors (Lipinski definition) is 2. The van der Waals surface area contributed by atoms with Crippen LogP contribution in [0.3, 0.4) is 0 Å². The van der Waals surface area contributed by atoms with E-state index in [4.69, 9.17) is 5.11 Å². The Bertz CT molecular complexity index is 481. The van der Waals surface area contributed by atoms with Gasteiger partial charge in [0.25, 0.3) is 0 Å². The SMILES string of the molecule is O=C(/C=C(\C(=O)O)c1ccccc1)N[N+](=O)[O-]. The third kappa shape index (κ3) is 3.74. The number of nitro groups is 1. The van der Waals surface area contributed by atoms with Crippen LogP contribution >= 0.6 is 0 Å². The lowest BCUT2D eigenvalue weighted by Crippen LogP contribution is -2.28. The maximum atomic E-state index is 11.0. The summed E-state index contributed by atoms with van der Waals surface area (Å²) < 4.78 is 0. The minimum atomic E-state index is -1.34. The van der Waals surface area contributed by atoms with Crippen LogP contribution in [-0.4, -0.2) is 22.0 Å². The summed E-state index contributed by atoms with van der Waals surface area (Å²) in [5, 5.41) is 17.8. The van der Waals surface area contributed by atoms with Gasteiger partial charge < -0.3 is 5.11 Å². The molecule has 0 saturated heterocycles. The molecule has 1 aromatic carbocycles. The van der Waals surface area contributed by atoms with Crippen molar-refractivity contribution in [2.75, 3.05) is 0 Å². The first-order valence-electron chi connectivity index (χ1n) is 4.46. The summed E-state index contributed by atoms with van der Waals surface area (Å²) in [6, 6.07) is 7.84. The number of carboxylic acid groups (broad SMARTS) is 1. The van der Waals surface area contributed by atoms with Crippen LogP contribution < -0.4 is 5.43 Å². The highest BCUT2D eigenvalue weighted by molar-refractivity contribution is 6.20. The van der Waals surface area contributed by atoms with Crippen LogP contribution in [0, 0.1) is 10.1 Å². The second-order valence-electron chi connectivity index (χ2n) is 2.96. The number of hydrogen-bond acceptors (Lipinski definition) is 4. The van der Waals surface area contributed by atoms with Crippen molar-refractivity contribution >= 4 is 17.4 Å². The zero-order chi connectivity index (χ0) is 12.8. The topological polar surface area (TPSA) is 110 Å². The Morgan fingerprint density at radius 1 is 1.29 bits per heavy atom. The number of nitrogens with zero attached hydrogens (tertiary/aromatic N) is 1. The molecule has 0 aromatic heterocycles. The molecule has 2 N–H and O–H groups in total. The van der Waals surface area contributed by atoms with E-state index in [9.17, 15) is 19.7 Å². The lowest BCUT2D eigenvalue weighted by atomic mass is 10.1. The number of amides is 1. The van der Waals surface area contributed by atoms with Gasteiger partial charge in [0.2, 0.25) is 0 Å². The van der Waals surface area contributed by atoms with E-state index in [0.29, 0.717) is 11.6 Å². The minimum Gasteiger partial charge on any atom is -0.478 e. The quantitative estimate of drug-likeness (QED) is 0.448. The number of carbonyl (C=O) groups is 2. The summed E-state index contributed by atoms with van der Waals surface area (Å²) in [7, 11) is 0. The van der Waals surface area contributed by atoms with Gasteiger partial charge in [0.15, 0.2) is 5.03 Å². The van der Waals surface area contributed by atoms with E-state index in [0.717, 1.165) is 0 Å². The van der Waals surface area contributed by atoms with Crippen LogP contribution in [0.1, 0.15) is 5.56 Å². The fraction of sp³-hybridized carbons (Fsp3) is 0. The second-order valence-corrected chi connectivity index (χ2v) is 2.96. The average Bonchev–Trinajstić information content (AvgIpc) is 2.25. The second kappa shape index (κ2) is 5.40. The van der Waals surface area contributed by atoms with E-state index >= 15 is 0 Å². The van der Waals surface area contributed by atoms with E-state index in [1.807, 2.05) is 0 Å². The molecule has 0 aliphatic carbocycles. The molecule has 17 heavy (non-hydrogen) atoms. The summed E-state index contributed by atoms with van der Waals surface area (Å²) in [6.45, 7) is 0. The van der Waals surface area contributed by atoms with Crippen molar-refractivity contribution in [3.63, 3.8) is 0 Å². The van der Waals surface area contributed by atoms with E-state index in [2.05, 4.69) is 0 Å². The zero-order valence-electron chi connectivity index (χ0n) is 8.49. The van der Waals surface area contributed by atoms with E-state index in [1.54, 1.807) is 18.2 Å². The number of hydrazine groups is 1. The average molecular weight is 236 g/mol. The molecule has 0 bridgehead atoms. The number of carboxylic acids is 1. The van der Waals surface area contributed by atoms with E-state index in [-0.39, 0.29) is 5.57 Å². The van der Waals surface area contributed by atoms with Crippen molar-refractivity contribution in [1.82, 2.24) is 5.43 Å². The van der Waals surface area contributed by atoms with E-state index < -0.39 is 16.9 Å². The molecule has 7 heteroatoms. The lowest BCUT2D eigenvalue weighted by molar-refractivity contribution is -0.529. The first-order valence-corrected chi connectivity index (χ1v) is 4.46. The van der Waals surface area contributed by atoms with Gasteiger partial charge in [-0.1, -0.05) is 35.8 Å². The number of aliphatic carboxylic acids is 1. The van der Waals surface area contributed by atoms with Crippen LogP contribution in [-0.2, 0) is 9.59 Å². The summed E-state index contributed by atoms with van der Waals surface area (Å²) in [5.74, 6) is -2.44. The highest BCUT2D eigenvalue weighted by atomic mass is 16.7. The van der Waals surface area contributed by atoms with Crippen molar-refractivity contribution in [3.05, 3.63) is 52.1 Å². The molecule has 0 aliphatic heterocycles. The predicted octanol–water partition coefficient (Wildman–Crippen LogP) is 0.462. The van der Waals surface area contributed by atoms with Gasteiger partial charge in [0.05, 0.1) is 5.57 Å². The third-order valence-electron chi connectivity index (χ3n) is 1.79. The maximum Gasteiger partial charge on any atom is 0.336 e. The highest BCUT2D eigenvalue weighted by Gasteiger charge is 2.14. The molecule has 0 heterocycles. The summed E-state index contributed by atoms with van der Waals surface area (Å²) in [5.41, 5.74) is 1.32. The molecular formula is C10H8N2O5. The zero-order valence-corrected chi connectivity index (χ0v) is 8.49. The predicted molar refractivity (Wildman–Crippen MR) is 57.2 cm³/mol. The smallest absolute Gasteiger partial charge is 0.336 e. The first-order chi connectivity index (χ1) is 8.00. The molecule has 0 radical (unpaired) electrons. The van der Waals surface area contributed by atoms with E-state index in [1.165, 1.54) is 17.6 Å². The van der Waals surface area contributed by atoms with Crippen LogP contribution in [0.5, 0.6) is 0 Å². The molecule has 88 valence electrons. The van der Waals surface area contributed by atoms with Gasteiger partial charge >= 0.3 is 11.9 Å². The fourth-order valence-corrected chi connectivity index (χ4v) is 1.14. The van der Waals surface area contributed by atoms with Crippen molar-refractivity contribution in [3.8, 4) is 0 Å². The van der Waals surface area contributed by atoms with Crippen LogP contribution in [0.2, 0.25) is 0 Å². The summed E-state index contributed by atoms with van der Waals surface area (Å²) >= 11 is 0. The Labute approximate surface area is 95.5 Å². The lowest BCUT2D eigenvalue weighted by Gasteiger charge is -2.01. The number of nitrogens with one attached hydrogen (secondary N) is 1. The number of benzene rings is 1. The van der Waals surface area contributed by atoms with Gasteiger partial charge in [0.1, 0.15) is 0 Å².